The number of pyridine rings is 2. The Morgan fingerprint density at radius 3 is 1.21 bits per heavy atom. The monoisotopic (exact) mass is 1040 g/mol. The number of hydrogen-bond acceptors (Lipinski definition) is 11. The molecule has 6 aromatic rings. The van der Waals surface area contributed by atoms with Crippen molar-refractivity contribution >= 4 is 80.5 Å². The third-order valence-corrected chi connectivity index (χ3v) is 15.5. The smallest absolute Gasteiger partial charge is 0.232 e. The van der Waals surface area contributed by atoms with Gasteiger partial charge in [0.2, 0.25) is 30.1 Å². The Kier molecular flexibility index (Phi) is 16.5. The second-order valence-corrected chi connectivity index (χ2v) is 30.3. The first-order valence-electron chi connectivity index (χ1n) is 24.2. The Labute approximate surface area is 425 Å². The van der Waals surface area contributed by atoms with Crippen LogP contribution in [0.15, 0.2) is 30.6 Å². The van der Waals surface area contributed by atoms with Gasteiger partial charge < -0.3 is 13.7 Å². The van der Waals surface area contributed by atoms with E-state index in [2.05, 4.69) is 169 Å². The molecule has 5 heterocycles. The largest absolute Gasteiger partial charge is 0.323 e. The number of fused-ring (bicyclic) bond motifs is 3. The molecule has 0 unspecified atom stereocenters. The topological polar surface area (TPSA) is 218 Å². The molecular weight excluding hydrogens is 959 g/mol. The second kappa shape index (κ2) is 19.9. The Balaban J connectivity index is 0.000000231. The van der Waals surface area contributed by atoms with Crippen LogP contribution in [0.4, 0.5) is 17.1 Å². The number of hydrogen-bond donors (Lipinski definition) is 3. The first-order chi connectivity index (χ1) is 31.9. The van der Waals surface area contributed by atoms with Crippen LogP contribution in [-0.2, 0) is 62.9 Å². The van der Waals surface area contributed by atoms with Gasteiger partial charge in [0, 0.05) is 27.4 Å². The van der Waals surface area contributed by atoms with Gasteiger partial charge in [-0.1, -0.05) is 62.3 Å². The standard InChI is InChI=1S/C18H29N3O2S.C17H28N4O2S.C16H26N4O2S/c1-9-24(22,23)20-14-10-13(17(3,4)5)11-15-16(14)19-12(2)21(15)18(6,7)8;1-9-24(22,23)20-12-10-13(16(3,4)5)19-15-14(12)18-11(2)21(15)17(6,7)8;1-8-23(21,22)19-11-9-12(15(2,3)4)18-14-13(11)17-10-20(14)16(5,6)7/h10-11,20H,9H2,1-8H3;10H,9H2,1-8H3,(H,19,20);9-10H,8H2,1-7H3,(H,18,19). The molecule has 5 aromatic heterocycles. The second-order valence-electron chi connectivity index (χ2n) is 24.2. The van der Waals surface area contributed by atoms with Gasteiger partial charge in [-0.25, -0.2) is 50.2 Å². The molecule has 20 heteroatoms. The molecule has 0 amide bonds. The molecule has 0 atom stereocenters. The lowest BCUT2D eigenvalue weighted by Crippen LogP contribution is -2.24. The highest BCUT2D eigenvalue weighted by Gasteiger charge is 2.29. The minimum Gasteiger partial charge on any atom is -0.323 e. The van der Waals surface area contributed by atoms with Gasteiger partial charge in [-0.2, -0.15) is 0 Å². The molecule has 1 aromatic carbocycles. The molecule has 396 valence electrons. The summed E-state index contributed by atoms with van der Waals surface area (Å²) >= 11 is 0. The van der Waals surface area contributed by atoms with E-state index >= 15 is 0 Å². The van der Waals surface area contributed by atoms with Gasteiger partial charge in [0.05, 0.1) is 57.6 Å². The van der Waals surface area contributed by atoms with Gasteiger partial charge in [0.15, 0.2) is 11.3 Å². The zero-order valence-corrected chi connectivity index (χ0v) is 49.2. The number of benzene rings is 1. The third kappa shape index (κ3) is 14.0. The van der Waals surface area contributed by atoms with Crippen molar-refractivity contribution < 1.29 is 25.3 Å². The first-order valence-corrected chi connectivity index (χ1v) is 29.2. The normalized spacial score (nSPS) is 13.5. The molecule has 0 saturated carbocycles. The van der Waals surface area contributed by atoms with Crippen LogP contribution in [0.5, 0.6) is 0 Å². The van der Waals surface area contributed by atoms with Gasteiger partial charge in [-0.05, 0) is 132 Å². The van der Waals surface area contributed by atoms with Crippen LogP contribution >= 0.6 is 0 Å². The summed E-state index contributed by atoms with van der Waals surface area (Å²) in [6.07, 6.45) is 1.72. The molecule has 0 bridgehead atoms. The van der Waals surface area contributed by atoms with E-state index in [1.54, 1.807) is 39.2 Å². The van der Waals surface area contributed by atoms with Crippen molar-refractivity contribution in [3.05, 3.63) is 59.2 Å². The van der Waals surface area contributed by atoms with Crippen molar-refractivity contribution in [2.45, 2.75) is 192 Å². The average molecular weight is 1040 g/mol. The van der Waals surface area contributed by atoms with Gasteiger partial charge >= 0.3 is 0 Å². The Bertz CT molecular complexity index is 3110. The predicted molar refractivity (Wildman–Crippen MR) is 295 cm³/mol. The highest BCUT2D eigenvalue weighted by atomic mass is 32.2. The van der Waals surface area contributed by atoms with Gasteiger partial charge in [-0.15, -0.1) is 0 Å². The fourth-order valence-corrected chi connectivity index (χ4v) is 9.64. The maximum absolute atomic E-state index is 12.1. The number of nitrogens with zero attached hydrogens (tertiary/aromatic N) is 8. The molecule has 71 heavy (non-hydrogen) atoms. The van der Waals surface area contributed by atoms with Gasteiger partial charge in [0.25, 0.3) is 0 Å². The van der Waals surface area contributed by atoms with Crippen LogP contribution < -0.4 is 14.2 Å². The molecule has 0 aliphatic carbocycles. The molecule has 0 aliphatic rings. The number of nitrogens with one attached hydrogen (secondary N) is 3. The summed E-state index contributed by atoms with van der Waals surface area (Å²) in [5, 5.41) is 0. The van der Waals surface area contributed by atoms with Crippen molar-refractivity contribution in [2.75, 3.05) is 31.4 Å². The van der Waals surface area contributed by atoms with Crippen LogP contribution in [-0.4, -0.2) is 81.1 Å². The highest BCUT2D eigenvalue weighted by Crippen LogP contribution is 2.37. The molecule has 6 rings (SSSR count). The van der Waals surface area contributed by atoms with Crippen molar-refractivity contribution in [3.63, 3.8) is 0 Å². The zero-order valence-electron chi connectivity index (χ0n) is 46.8. The molecular formula is C51H83N11O6S3. The molecule has 0 fully saturated rings. The van der Waals surface area contributed by atoms with E-state index in [1.165, 1.54) is 0 Å². The van der Waals surface area contributed by atoms with Crippen LogP contribution in [0, 0.1) is 13.8 Å². The SMILES string of the molecule is CCS(=O)(=O)Nc1cc(C(C)(C)C)cc2c1nc(C)n2C(C)(C)C.CCS(=O)(=O)Nc1cc(C(C)(C)C)nc2c1nc(C)n2C(C)(C)C.CCS(=O)(=O)Nc1cc(C(C)(C)C)nc2c1ncn2C(C)(C)C. The van der Waals surface area contributed by atoms with Crippen LogP contribution in [0.2, 0.25) is 0 Å². The number of rotatable bonds is 9. The lowest BCUT2D eigenvalue weighted by atomic mass is 9.86. The van der Waals surface area contributed by atoms with Crippen LogP contribution in [0.25, 0.3) is 33.4 Å². The fourth-order valence-electron chi connectivity index (χ4n) is 7.73. The van der Waals surface area contributed by atoms with E-state index < -0.39 is 30.1 Å². The molecule has 3 N–H and O–H groups in total. The number of aromatic nitrogens is 8. The lowest BCUT2D eigenvalue weighted by Gasteiger charge is -2.26. The number of anilines is 3. The van der Waals surface area contributed by atoms with E-state index in [0.29, 0.717) is 44.9 Å². The summed E-state index contributed by atoms with van der Waals surface area (Å²) in [5.41, 5.74) is 7.46. The Morgan fingerprint density at radius 1 is 0.451 bits per heavy atom. The quantitative estimate of drug-likeness (QED) is 0.124. The van der Waals surface area contributed by atoms with Crippen molar-refractivity contribution in [3.8, 4) is 0 Å². The Hall–Kier alpha value is -4.82. The lowest BCUT2D eigenvalue weighted by molar-refractivity contribution is 0.396. The maximum atomic E-state index is 12.1. The minimum atomic E-state index is -3.39. The highest BCUT2D eigenvalue weighted by molar-refractivity contribution is 7.93. The third-order valence-electron chi connectivity index (χ3n) is 11.6. The van der Waals surface area contributed by atoms with E-state index in [1.807, 2.05) is 24.5 Å². The molecule has 0 aliphatic heterocycles. The van der Waals surface area contributed by atoms with Crippen LogP contribution in [0.3, 0.4) is 0 Å². The fraction of sp³-hybridized carbons (Fsp3) is 0.627. The van der Waals surface area contributed by atoms with Crippen molar-refractivity contribution in [2.24, 2.45) is 0 Å². The van der Waals surface area contributed by atoms with E-state index in [-0.39, 0.29) is 50.1 Å². The van der Waals surface area contributed by atoms with Gasteiger partial charge in [-0.3, -0.25) is 14.2 Å². The summed E-state index contributed by atoms with van der Waals surface area (Å²) < 4.78 is 86.7. The minimum absolute atomic E-state index is 0.0145. The maximum Gasteiger partial charge on any atom is 0.232 e. The van der Waals surface area contributed by atoms with E-state index in [4.69, 9.17) is 9.97 Å². The summed E-state index contributed by atoms with van der Waals surface area (Å²) in [6.45, 7) is 46.3. The number of sulfonamides is 3. The summed E-state index contributed by atoms with van der Waals surface area (Å²) in [7, 11) is -10.1. The van der Waals surface area contributed by atoms with Crippen LogP contribution in [0.1, 0.15) is 174 Å². The van der Waals surface area contributed by atoms with Crippen molar-refractivity contribution in [1.29, 1.82) is 0 Å². The average Bonchev–Trinajstić information content (AvgIpc) is 3.89. The number of aryl methyl sites for hydroxylation is 2. The Morgan fingerprint density at radius 2 is 0.831 bits per heavy atom. The number of imidazole rings is 3. The molecule has 0 spiro atoms. The predicted octanol–water partition coefficient (Wildman–Crippen LogP) is 11.0. The van der Waals surface area contributed by atoms with Crippen molar-refractivity contribution in [1.82, 2.24) is 38.6 Å². The molecule has 0 saturated heterocycles. The molecule has 17 nitrogen and oxygen atoms in total. The van der Waals surface area contributed by atoms with Gasteiger partial charge in [0.1, 0.15) is 28.2 Å². The van der Waals surface area contributed by atoms with E-state index in [9.17, 15) is 25.3 Å². The van der Waals surface area contributed by atoms with E-state index in [0.717, 1.165) is 34.1 Å². The zero-order chi connectivity index (χ0) is 54.6. The summed E-state index contributed by atoms with van der Waals surface area (Å²) in [6, 6.07) is 7.63. The summed E-state index contributed by atoms with van der Waals surface area (Å²) in [4.78, 5) is 23.2. The first kappa shape index (κ1) is 58.7. The summed E-state index contributed by atoms with van der Waals surface area (Å²) in [5.74, 6) is 1.75. The molecule has 0 radical (unpaired) electrons.